The summed E-state index contributed by atoms with van der Waals surface area (Å²) in [6.07, 6.45) is 2.71. The third-order valence-electron chi connectivity index (χ3n) is 2.12. The third kappa shape index (κ3) is 1.86. The van der Waals surface area contributed by atoms with E-state index in [4.69, 9.17) is 5.73 Å². The second kappa shape index (κ2) is 3.56. The summed E-state index contributed by atoms with van der Waals surface area (Å²) in [5.74, 6) is 0.425. The van der Waals surface area contributed by atoms with Crippen molar-refractivity contribution >= 4 is 12.0 Å². The minimum atomic E-state index is 0.425. The van der Waals surface area contributed by atoms with E-state index in [1.807, 2.05) is 19.3 Å². The van der Waals surface area contributed by atoms with Crippen molar-refractivity contribution in [3.63, 3.8) is 0 Å². The quantitative estimate of drug-likeness (QED) is 0.544. The van der Waals surface area contributed by atoms with Crippen LogP contribution in [0.5, 0.6) is 0 Å². The van der Waals surface area contributed by atoms with Gasteiger partial charge in [-0.3, -0.25) is 4.79 Å². The zero-order valence-corrected chi connectivity index (χ0v) is 8.24. The van der Waals surface area contributed by atoms with Crippen molar-refractivity contribution in [1.82, 2.24) is 0 Å². The van der Waals surface area contributed by atoms with Crippen LogP contribution in [0.1, 0.15) is 35.8 Å². The molecule has 0 aliphatic heterocycles. The third-order valence-corrected chi connectivity index (χ3v) is 2.12. The summed E-state index contributed by atoms with van der Waals surface area (Å²) in [6, 6.07) is 1.86. The van der Waals surface area contributed by atoms with Crippen molar-refractivity contribution in [1.29, 1.82) is 0 Å². The van der Waals surface area contributed by atoms with Gasteiger partial charge in [-0.1, -0.05) is 13.8 Å². The number of nitrogen functional groups attached to an aromatic ring is 1. The fourth-order valence-electron chi connectivity index (χ4n) is 1.25. The number of aromatic nitrogens is 1. The predicted molar refractivity (Wildman–Crippen MR) is 51.5 cm³/mol. The molecule has 1 heterocycles. The number of carbonyl (C=O) groups is 1. The second-order valence-electron chi connectivity index (χ2n) is 3.50. The van der Waals surface area contributed by atoms with Gasteiger partial charge in [-0.15, -0.1) is 0 Å². The average molecular weight is 179 g/mol. The van der Waals surface area contributed by atoms with Crippen LogP contribution in [0, 0.1) is 0 Å². The molecule has 1 aromatic heterocycles. The molecular weight excluding hydrogens is 164 g/mol. The maximum Gasteiger partial charge on any atom is 0.268 e. The molecule has 0 radical (unpaired) electrons. The first-order valence-corrected chi connectivity index (χ1v) is 4.30. The number of nitrogens with zero attached hydrogens (tertiary/aromatic N) is 1. The number of hydrogen-bond acceptors (Lipinski definition) is 2. The van der Waals surface area contributed by atoms with E-state index in [1.54, 1.807) is 4.57 Å². The summed E-state index contributed by atoms with van der Waals surface area (Å²) in [6.45, 7) is 4.19. The highest BCUT2D eigenvalue weighted by atomic mass is 16.1. The molecule has 3 nitrogen and oxygen atoms in total. The predicted octanol–water partition coefficient (Wildman–Crippen LogP) is 1.03. The monoisotopic (exact) mass is 179 g/mol. The zero-order valence-electron chi connectivity index (χ0n) is 8.24. The fourth-order valence-corrected chi connectivity index (χ4v) is 1.25. The highest BCUT2D eigenvalue weighted by Gasteiger charge is 2.13. The first-order chi connectivity index (χ1) is 6.06. The normalized spacial score (nSPS) is 10.5. The Balaban J connectivity index is 3.28. The standard InChI is InChI=1S/C10H14N2O/c1-7(2)8-4-9(11)10(6-13)12(3)5-8/h4-7H,1-3H3,(H-,11,13)/p+1. The molecule has 0 aliphatic carbocycles. The molecule has 3 heteroatoms. The summed E-state index contributed by atoms with van der Waals surface area (Å²) in [4.78, 5) is 10.6. The van der Waals surface area contributed by atoms with Gasteiger partial charge in [0.25, 0.3) is 5.69 Å². The molecule has 70 valence electrons. The summed E-state index contributed by atoms with van der Waals surface area (Å²) in [5, 5.41) is 0. The van der Waals surface area contributed by atoms with Gasteiger partial charge in [-0.2, -0.15) is 4.57 Å². The van der Waals surface area contributed by atoms with Crippen LogP contribution in [-0.4, -0.2) is 6.29 Å². The average Bonchev–Trinajstić information content (AvgIpc) is 2.03. The minimum Gasteiger partial charge on any atom is -0.393 e. The Morgan fingerprint density at radius 3 is 2.54 bits per heavy atom. The van der Waals surface area contributed by atoms with Crippen molar-refractivity contribution in [2.75, 3.05) is 5.73 Å². The van der Waals surface area contributed by atoms with E-state index >= 15 is 0 Å². The van der Waals surface area contributed by atoms with E-state index < -0.39 is 0 Å². The highest BCUT2D eigenvalue weighted by Crippen LogP contribution is 2.15. The van der Waals surface area contributed by atoms with Crippen LogP contribution in [0.2, 0.25) is 0 Å². The molecule has 0 fully saturated rings. The van der Waals surface area contributed by atoms with Crippen LogP contribution in [0.3, 0.4) is 0 Å². The topological polar surface area (TPSA) is 47.0 Å². The molecule has 0 aromatic carbocycles. The van der Waals surface area contributed by atoms with Gasteiger partial charge in [0.15, 0.2) is 6.20 Å². The molecule has 0 amide bonds. The van der Waals surface area contributed by atoms with Crippen LogP contribution in [0.25, 0.3) is 0 Å². The second-order valence-corrected chi connectivity index (χ2v) is 3.50. The number of rotatable bonds is 2. The molecule has 13 heavy (non-hydrogen) atoms. The van der Waals surface area contributed by atoms with Crippen molar-refractivity contribution < 1.29 is 9.36 Å². The number of hydrogen-bond donors (Lipinski definition) is 1. The number of anilines is 1. The lowest BCUT2D eigenvalue weighted by Gasteiger charge is -2.05. The summed E-state index contributed by atoms with van der Waals surface area (Å²) in [7, 11) is 1.83. The Kier molecular flexibility index (Phi) is 2.66. The lowest BCUT2D eigenvalue weighted by atomic mass is 10.0. The molecule has 0 aliphatic rings. The molecular formula is C10H15N2O+. The fraction of sp³-hybridized carbons (Fsp3) is 0.400. The molecule has 1 rings (SSSR count). The highest BCUT2D eigenvalue weighted by molar-refractivity contribution is 5.78. The van der Waals surface area contributed by atoms with Gasteiger partial charge < -0.3 is 5.73 Å². The van der Waals surface area contributed by atoms with E-state index in [9.17, 15) is 4.79 Å². The Morgan fingerprint density at radius 1 is 1.54 bits per heavy atom. The van der Waals surface area contributed by atoms with Crippen molar-refractivity contribution in [3.05, 3.63) is 23.5 Å². The molecule has 0 atom stereocenters. The maximum atomic E-state index is 10.6. The van der Waals surface area contributed by atoms with Gasteiger partial charge in [0.1, 0.15) is 12.7 Å². The maximum absolute atomic E-state index is 10.6. The van der Waals surface area contributed by atoms with Crippen molar-refractivity contribution in [3.8, 4) is 0 Å². The summed E-state index contributed by atoms with van der Waals surface area (Å²) < 4.78 is 1.76. The molecule has 0 bridgehead atoms. The van der Waals surface area contributed by atoms with Crippen LogP contribution >= 0.6 is 0 Å². The summed E-state index contributed by atoms with van der Waals surface area (Å²) >= 11 is 0. The van der Waals surface area contributed by atoms with Crippen LogP contribution in [-0.2, 0) is 7.05 Å². The molecule has 1 aromatic rings. The van der Waals surface area contributed by atoms with E-state index in [0.29, 0.717) is 17.3 Å². The lowest BCUT2D eigenvalue weighted by Crippen LogP contribution is -2.35. The SMILES string of the molecule is CC(C)c1cc(N)c(C=O)[n+](C)c1. The van der Waals surface area contributed by atoms with E-state index in [-0.39, 0.29) is 0 Å². The number of aldehydes is 1. The number of pyridine rings is 1. The largest absolute Gasteiger partial charge is 0.393 e. The smallest absolute Gasteiger partial charge is 0.268 e. The first kappa shape index (κ1) is 9.71. The van der Waals surface area contributed by atoms with E-state index in [2.05, 4.69) is 13.8 Å². The Bertz CT molecular complexity index is 309. The minimum absolute atomic E-state index is 0.425. The zero-order chi connectivity index (χ0) is 10.0. The van der Waals surface area contributed by atoms with E-state index in [0.717, 1.165) is 11.8 Å². The van der Waals surface area contributed by atoms with E-state index in [1.165, 1.54) is 0 Å². The summed E-state index contributed by atoms with van der Waals surface area (Å²) in [5.41, 5.74) is 7.94. The van der Waals surface area contributed by atoms with Gasteiger partial charge >= 0.3 is 0 Å². The van der Waals surface area contributed by atoms with Crippen molar-refractivity contribution in [2.45, 2.75) is 19.8 Å². The lowest BCUT2D eigenvalue weighted by molar-refractivity contribution is -0.672. The molecule has 0 spiro atoms. The van der Waals surface area contributed by atoms with Gasteiger partial charge in [-0.05, 0) is 12.0 Å². The number of nitrogens with two attached hydrogens (primary N) is 1. The Morgan fingerprint density at radius 2 is 2.15 bits per heavy atom. The molecule has 0 saturated carbocycles. The first-order valence-electron chi connectivity index (χ1n) is 4.30. The molecule has 0 unspecified atom stereocenters. The Hall–Kier alpha value is -1.38. The molecule has 2 N–H and O–H groups in total. The van der Waals surface area contributed by atoms with Gasteiger partial charge in [0.2, 0.25) is 6.29 Å². The van der Waals surface area contributed by atoms with Crippen LogP contribution in [0.4, 0.5) is 5.69 Å². The van der Waals surface area contributed by atoms with Gasteiger partial charge in [0.05, 0.1) is 0 Å². The number of aryl methyl sites for hydroxylation is 1. The molecule has 0 saturated heterocycles. The van der Waals surface area contributed by atoms with Crippen LogP contribution < -0.4 is 10.3 Å². The Labute approximate surface area is 78.2 Å². The van der Waals surface area contributed by atoms with Crippen LogP contribution in [0.15, 0.2) is 12.3 Å². The number of carbonyl (C=O) groups excluding carboxylic acids is 1. The van der Waals surface area contributed by atoms with Crippen molar-refractivity contribution in [2.24, 2.45) is 7.05 Å². The van der Waals surface area contributed by atoms with Gasteiger partial charge in [-0.25, -0.2) is 0 Å². The van der Waals surface area contributed by atoms with Gasteiger partial charge in [0, 0.05) is 5.56 Å².